The van der Waals surface area contributed by atoms with Crippen LogP contribution in [0.15, 0.2) is 78.5 Å². The van der Waals surface area contributed by atoms with Crippen molar-refractivity contribution in [3.8, 4) is 11.5 Å². The predicted molar refractivity (Wildman–Crippen MR) is 139 cm³/mol. The Hall–Kier alpha value is -4.23. The van der Waals surface area contributed by atoms with Crippen molar-refractivity contribution >= 4 is 45.6 Å². The van der Waals surface area contributed by atoms with Crippen molar-refractivity contribution < 1.29 is 24.2 Å². The van der Waals surface area contributed by atoms with Gasteiger partial charge in [0, 0.05) is 40.4 Å². The number of ether oxygens (including phenoxy) is 2. The number of hydrogen-bond acceptors (Lipinski definition) is 5. The number of rotatable bonds is 5. The summed E-state index contributed by atoms with van der Waals surface area (Å²) in [6, 6.07) is 18.5. The molecule has 8 heteroatoms. The summed E-state index contributed by atoms with van der Waals surface area (Å²) in [4.78, 5) is 28.5. The van der Waals surface area contributed by atoms with Crippen LogP contribution in [0.2, 0.25) is 5.02 Å². The molecule has 1 N–H and O–H groups in total. The average molecular weight is 503 g/mol. The van der Waals surface area contributed by atoms with Crippen molar-refractivity contribution in [1.29, 1.82) is 0 Å². The van der Waals surface area contributed by atoms with E-state index < -0.39 is 17.7 Å². The number of aryl methyl sites for hydroxylation is 1. The van der Waals surface area contributed by atoms with Crippen LogP contribution in [0.4, 0.5) is 5.69 Å². The van der Waals surface area contributed by atoms with Crippen LogP contribution in [0.3, 0.4) is 0 Å². The lowest BCUT2D eigenvalue weighted by Gasteiger charge is -2.25. The number of ketones is 1. The number of aliphatic hydroxyl groups is 1. The molecule has 1 amide bonds. The van der Waals surface area contributed by atoms with Crippen LogP contribution < -0.4 is 14.4 Å². The molecule has 1 aliphatic rings. The van der Waals surface area contributed by atoms with Gasteiger partial charge in [-0.15, -0.1) is 0 Å². The maximum Gasteiger partial charge on any atom is 0.300 e. The molecule has 1 aliphatic heterocycles. The molecule has 1 saturated heterocycles. The maximum absolute atomic E-state index is 13.6. The second kappa shape index (κ2) is 9.09. The number of anilines is 1. The molecule has 3 aromatic carbocycles. The first kappa shape index (κ1) is 23.5. The first-order valence-electron chi connectivity index (χ1n) is 11.2. The molecule has 1 aromatic heterocycles. The molecule has 0 aliphatic carbocycles. The number of benzene rings is 3. The monoisotopic (exact) mass is 502 g/mol. The predicted octanol–water partition coefficient (Wildman–Crippen LogP) is 5.48. The summed E-state index contributed by atoms with van der Waals surface area (Å²) in [6.45, 7) is 0. The fourth-order valence-corrected chi connectivity index (χ4v) is 5.01. The van der Waals surface area contributed by atoms with Gasteiger partial charge >= 0.3 is 0 Å². The smallest absolute Gasteiger partial charge is 0.300 e. The summed E-state index contributed by atoms with van der Waals surface area (Å²) in [5.41, 5.74) is 2.16. The highest BCUT2D eigenvalue weighted by atomic mass is 35.5. The van der Waals surface area contributed by atoms with Gasteiger partial charge in [-0.3, -0.25) is 14.5 Å². The second-order valence-corrected chi connectivity index (χ2v) is 8.84. The molecule has 1 atom stereocenters. The Labute approximate surface area is 212 Å². The molecule has 0 bridgehead atoms. The highest BCUT2D eigenvalue weighted by molar-refractivity contribution is 6.52. The molecule has 0 radical (unpaired) electrons. The van der Waals surface area contributed by atoms with Gasteiger partial charge in [0.05, 0.1) is 25.8 Å². The third kappa shape index (κ3) is 3.60. The number of para-hydroxylation sites is 1. The summed E-state index contributed by atoms with van der Waals surface area (Å²) >= 11 is 6.25. The summed E-state index contributed by atoms with van der Waals surface area (Å²) in [5, 5.41) is 12.9. The van der Waals surface area contributed by atoms with Gasteiger partial charge in [0.15, 0.2) is 0 Å². The number of methoxy groups -OCH3 is 2. The minimum Gasteiger partial charge on any atom is -0.506 e. The summed E-state index contributed by atoms with van der Waals surface area (Å²) in [6.07, 6.45) is 1.87. The van der Waals surface area contributed by atoms with Gasteiger partial charge in [-0.1, -0.05) is 41.9 Å². The number of carbonyl (C=O) groups excluding carboxylic acids is 2. The van der Waals surface area contributed by atoms with E-state index in [1.54, 1.807) is 42.5 Å². The Morgan fingerprint density at radius 1 is 0.944 bits per heavy atom. The number of halogens is 1. The second-order valence-electron chi connectivity index (χ2n) is 8.40. The number of hydrogen-bond donors (Lipinski definition) is 1. The standard InChI is InChI=1S/C28H23ClN2O5/c1-30-15-19(18-10-4-5-11-20(18)30)25-24(26(32)23-21(35-2)12-7-13-22(23)36-3)27(33)28(34)31(25)17-9-6-8-16(29)14-17/h4-15,25,32H,1-3H3/b26-24+. The van der Waals surface area contributed by atoms with Crippen LogP contribution in [0.25, 0.3) is 16.7 Å². The number of fused-ring (bicyclic) bond motifs is 1. The number of aliphatic hydroxyl groups excluding tert-OH is 1. The van der Waals surface area contributed by atoms with Crippen LogP contribution in [0.1, 0.15) is 17.2 Å². The van der Waals surface area contributed by atoms with E-state index >= 15 is 0 Å². The van der Waals surface area contributed by atoms with Crippen molar-refractivity contribution in [3.05, 3.63) is 94.6 Å². The van der Waals surface area contributed by atoms with Crippen LogP contribution in [-0.4, -0.2) is 35.6 Å². The highest BCUT2D eigenvalue weighted by Crippen LogP contribution is 2.47. The number of Topliss-reactive ketones (excluding diaryl/α,β-unsaturated/α-hetero) is 1. The topological polar surface area (TPSA) is 81.0 Å². The molecular weight excluding hydrogens is 480 g/mol. The van der Waals surface area contributed by atoms with E-state index in [0.29, 0.717) is 27.8 Å². The number of aromatic nitrogens is 1. The Kier molecular flexibility index (Phi) is 5.94. The lowest BCUT2D eigenvalue weighted by molar-refractivity contribution is -0.132. The fourth-order valence-electron chi connectivity index (χ4n) is 4.83. The third-order valence-electron chi connectivity index (χ3n) is 6.42. The van der Waals surface area contributed by atoms with E-state index in [-0.39, 0.29) is 16.9 Å². The van der Waals surface area contributed by atoms with Crippen LogP contribution >= 0.6 is 11.6 Å². The first-order chi connectivity index (χ1) is 17.4. The van der Waals surface area contributed by atoms with Crippen molar-refractivity contribution in [2.75, 3.05) is 19.1 Å². The normalized spacial score (nSPS) is 17.1. The van der Waals surface area contributed by atoms with E-state index in [2.05, 4.69) is 0 Å². The van der Waals surface area contributed by atoms with E-state index in [9.17, 15) is 14.7 Å². The molecule has 0 saturated carbocycles. The van der Waals surface area contributed by atoms with Crippen LogP contribution in [-0.2, 0) is 16.6 Å². The zero-order valence-corrected chi connectivity index (χ0v) is 20.6. The SMILES string of the molecule is COc1cccc(OC)c1/C(O)=C1\C(=O)C(=O)N(c2cccc(Cl)c2)C1c1cn(C)c2ccccc12. The number of carbonyl (C=O) groups is 2. The van der Waals surface area contributed by atoms with Gasteiger partial charge in [-0.2, -0.15) is 0 Å². The van der Waals surface area contributed by atoms with E-state index in [4.69, 9.17) is 21.1 Å². The molecule has 1 unspecified atom stereocenters. The molecule has 36 heavy (non-hydrogen) atoms. The average Bonchev–Trinajstić information content (AvgIpc) is 3.36. The van der Waals surface area contributed by atoms with Gasteiger partial charge in [0.2, 0.25) is 0 Å². The molecule has 1 fully saturated rings. The Balaban J connectivity index is 1.86. The quantitative estimate of drug-likeness (QED) is 0.222. The molecule has 182 valence electrons. The largest absolute Gasteiger partial charge is 0.506 e. The zero-order valence-electron chi connectivity index (χ0n) is 19.9. The fraction of sp³-hybridized carbons (Fsp3) is 0.143. The Morgan fingerprint density at radius 2 is 1.61 bits per heavy atom. The highest BCUT2D eigenvalue weighted by Gasteiger charge is 2.48. The summed E-state index contributed by atoms with van der Waals surface area (Å²) < 4.78 is 12.9. The van der Waals surface area contributed by atoms with Crippen LogP contribution in [0, 0.1) is 0 Å². The molecule has 2 heterocycles. The van der Waals surface area contributed by atoms with E-state index in [1.807, 2.05) is 42.1 Å². The van der Waals surface area contributed by atoms with Gasteiger partial charge in [0.25, 0.3) is 11.7 Å². The molecule has 0 spiro atoms. The van der Waals surface area contributed by atoms with Gasteiger partial charge in [-0.05, 0) is 36.4 Å². The van der Waals surface area contributed by atoms with Crippen molar-refractivity contribution in [1.82, 2.24) is 4.57 Å². The molecule has 5 rings (SSSR count). The van der Waals surface area contributed by atoms with Crippen LogP contribution in [0.5, 0.6) is 11.5 Å². The first-order valence-corrected chi connectivity index (χ1v) is 11.6. The lowest BCUT2D eigenvalue weighted by atomic mass is 9.94. The minimum absolute atomic E-state index is 0.0703. The zero-order chi connectivity index (χ0) is 25.6. The number of amides is 1. The molecular formula is C28H23ClN2O5. The van der Waals surface area contributed by atoms with Gasteiger partial charge < -0.3 is 19.1 Å². The van der Waals surface area contributed by atoms with E-state index in [0.717, 1.165) is 10.9 Å². The van der Waals surface area contributed by atoms with Gasteiger partial charge in [0.1, 0.15) is 22.8 Å². The molecule has 7 nitrogen and oxygen atoms in total. The van der Waals surface area contributed by atoms with Gasteiger partial charge in [-0.25, -0.2) is 0 Å². The maximum atomic E-state index is 13.6. The van der Waals surface area contributed by atoms with Crippen molar-refractivity contribution in [2.24, 2.45) is 7.05 Å². The third-order valence-corrected chi connectivity index (χ3v) is 6.65. The van der Waals surface area contributed by atoms with Crippen molar-refractivity contribution in [2.45, 2.75) is 6.04 Å². The van der Waals surface area contributed by atoms with Crippen molar-refractivity contribution in [3.63, 3.8) is 0 Å². The van der Waals surface area contributed by atoms with E-state index in [1.165, 1.54) is 19.1 Å². The Bertz CT molecular complexity index is 1530. The molecule has 4 aromatic rings. The Morgan fingerprint density at radius 3 is 2.28 bits per heavy atom. The summed E-state index contributed by atoms with van der Waals surface area (Å²) in [7, 11) is 4.80. The number of nitrogens with zero attached hydrogens (tertiary/aromatic N) is 2. The summed E-state index contributed by atoms with van der Waals surface area (Å²) in [5.74, 6) is -1.37. The lowest BCUT2D eigenvalue weighted by Crippen LogP contribution is -2.29. The minimum atomic E-state index is -0.927.